The van der Waals surface area contributed by atoms with E-state index < -0.39 is 22.8 Å². The van der Waals surface area contributed by atoms with E-state index in [1.165, 1.54) is 24.3 Å². The zero-order valence-electron chi connectivity index (χ0n) is 15.8. The number of esters is 1. The van der Waals surface area contributed by atoms with Crippen molar-refractivity contribution < 1.29 is 28.8 Å². The first-order valence-corrected chi connectivity index (χ1v) is 9.08. The Morgan fingerprint density at radius 1 is 1.23 bits per heavy atom. The van der Waals surface area contributed by atoms with Crippen LogP contribution in [0.5, 0.6) is 5.75 Å². The summed E-state index contributed by atoms with van der Waals surface area (Å²) in [5.74, 6) is -0.799. The Hall–Kier alpha value is -4.01. The minimum absolute atomic E-state index is 0.0556. The first kappa shape index (κ1) is 20.7. The zero-order valence-corrected chi connectivity index (χ0v) is 15.8. The summed E-state index contributed by atoms with van der Waals surface area (Å²) in [4.78, 5) is 45.7. The van der Waals surface area contributed by atoms with Crippen LogP contribution in [0.3, 0.4) is 0 Å². The standard InChI is InChI=1S/C21H18N2O7/c24-19(9-4-14-2-1-3-16(12-14)23(27)28)15-5-7-17(8-6-15)30-13-20(25)22-18-10-11-29-21(18)26/h1-9,12,18H,10-11,13H2,(H,22,25)/b9-4+/t18-/m0/s1. The fourth-order valence-electron chi connectivity index (χ4n) is 2.74. The molecular weight excluding hydrogens is 392 g/mol. The minimum atomic E-state index is -0.640. The molecule has 0 aromatic heterocycles. The molecule has 1 atom stereocenters. The predicted molar refractivity (Wildman–Crippen MR) is 106 cm³/mol. The molecule has 1 heterocycles. The maximum Gasteiger partial charge on any atom is 0.328 e. The molecule has 30 heavy (non-hydrogen) atoms. The number of amides is 1. The summed E-state index contributed by atoms with van der Waals surface area (Å²) in [5, 5.41) is 13.3. The SMILES string of the molecule is O=C(COc1ccc(C(=O)/C=C/c2cccc([N+](=O)[O-])c2)cc1)N[C@H]1CCOC1=O. The van der Waals surface area contributed by atoms with Crippen molar-refractivity contribution in [2.24, 2.45) is 0 Å². The summed E-state index contributed by atoms with van der Waals surface area (Å²) < 4.78 is 10.1. The molecule has 1 fully saturated rings. The van der Waals surface area contributed by atoms with Crippen molar-refractivity contribution in [3.63, 3.8) is 0 Å². The highest BCUT2D eigenvalue weighted by Crippen LogP contribution is 2.16. The maximum atomic E-state index is 12.3. The number of hydrogen-bond donors (Lipinski definition) is 1. The van der Waals surface area contributed by atoms with E-state index in [1.54, 1.807) is 36.4 Å². The lowest BCUT2D eigenvalue weighted by Gasteiger charge is -2.10. The Labute approximate surface area is 171 Å². The number of allylic oxidation sites excluding steroid dienone is 1. The summed E-state index contributed by atoms with van der Waals surface area (Å²) in [6.45, 7) is 0.0134. The largest absolute Gasteiger partial charge is 0.484 e. The summed E-state index contributed by atoms with van der Waals surface area (Å²) in [6, 6.07) is 11.5. The van der Waals surface area contributed by atoms with E-state index in [1.807, 2.05) is 0 Å². The molecule has 0 spiro atoms. The first-order chi connectivity index (χ1) is 14.4. The number of rotatable bonds is 8. The molecule has 1 N–H and O–H groups in total. The summed E-state index contributed by atoms with van der Waals surface area (Å²) >= 11 is 0. The second-order valence-corrected chi connectivity index (χ2v) is 6.44. The maximum absolute atomic E-state index is 12.3. The summed E-state index contributed by atoms with van der Waals surface area (Å²) in [6.07, 6.45) is 3.26. The number of carbonyl (C=O) groups excluding carboxylic acids is 3. The van der Waals surface area contributed by atoms with Gasteiger partial charge in [-0.3, -0.25) is 19.7 Å². The van der Waals surface area contributed by atoms with Crippen molar-refractivity contribution in [2.45, 2.75) is 12.5 Å². The molecule has 154 valence electrons. The van der Waals surface area contributed by atoms with Crippen molar-refractivity contribution in [2.75, 3.05) is 13.2 Å². The summed E-state index contributed by atoms with van der Waals surface area (Å²) in [7, 11) is 0. The monoisotopic (exact) mass is 410 g/mol. The molecule has 0 aliphatic carbocycles. The zero-order chi connectivity index (χ0) is 21.5. The van der Waals surface area contributed by atoms with Crippen LogP contribution in [-0.4, -0.2) is 41.8 Å². The number of ketones is 1. The fourth-order valence-corrected chi connectivity index (χ4v) is 2.74. The Morgan fingerprint density at radius 3 is 2.67 bits per heavy atom. The van der Waals surface area contributed by atoms with E-state index in [2.05, 4.69) is 5.32 Å². The minimum Gasteiger partial charge on any atom is -0.484 e. The van der Waals surface area contributed by atoms with Crippen LogP contribution in [0.15, 0.2) is 54.6 Å². The molecule has 0 radical (unpaired) electrons. The van der Waals surface area contributed by atoms with E-state index in [0.717, 1.165) is 0 Å². The highest BCUT2D eigenvalue weighted by atomic mass is 16.6. The quantitative estimate of drug-likeness (QED) is 0.233. The molecule has 2 aromatic rings. The Kier molecular flexibility index (Phi) is 6.53. The van der Waals surface area contributed by atoms with Gasteiger partial charge in [0, 0.05) is 24.1 Å². The topological polar surface area (TPSA) is 125 Å². The van der Waals surface area contributed by atoms with Gasteiger partial charge in [-0.2, -0.15) is 0 Å². The Morgan fingerprint density at radius 2 is 2.00 bits per heavy atom. The van der Waals surface area contributed by atoms with Crippen LogP contribution in [0, 0.1) is 10.1 Å². The van der Waals surface area contributed by atoms with Crippen LogP contribution < -0.4 is 10.1 Å². The predicted octanol–water partition coefficient (Wildman–Crippen LogP) is 2.30. The highest BCUT2D eigenvalue weighted by molar-refractivity contribution is 6.06. The molecular formula is C21H18N2O7. The molecule has 1 aliphatic heterocycles. The molecule has 1 amide bonds. The average Bonchev–Trinajstić information content (AvgIpc) is 3.15. The lowest BCUT2D eigenvalue weighted by atomic mass is 10.1. The number of ether oxygens (including phenoxy) is 2. The Balaban J connectivity index is 1.52. The Bertz CT molecular complexity index is 999. The van der Waals surface area contributed by atoms with Crippen LogP contribution in [0.2, 0.25) is 0 Å². The number of non-ortho nitro benzene ring substituents is 1. The lowest BCUT2D eigenvalue weighted by Crippen LogP contribution is -2.40. The van der Waals surface area contributed by atoms with Crippen LogP contribution in [0.4, 0.5) is 5.69 Å². The van der Waals surface area contributed by atoms with Gasteiger partial charge >= 0.3 is 5.97 Å². The number of nitrogens with one attached hydrogen (secondary N) is 1. The number of benzene rings is 2. The molecule has 3 rings (SSSR count). The van der Waals surface area contributed by atoms with Gasteiger partial charge in [0.05, 0.1) is 11.5 Å². The third-order valence-corrected chi connectivity index (χ3v) is 4.29. The molecule has 9 nitrogen and oxygen atoms in total. The number of carbonyl (C=O) groups is 3. The molecule has 1 saturated heterocycles. The third kappa shape index (κ3) is 5.51. The van der Waals surface area contributed by atoms with Crippen molar-refractivity contribution in [3.8, 4) is 5.75 Å². The molecule has 0 unspecified atom stereocenters. The second-order valence-electron chi connectivity index (χ2n) is 6.44. The van der Waals surface area contributed by atoms with E-state index in [0.29, 0.717) is 23.3 Å². The fraction of sp³-hybridized carbons (Fsp3) is 0.190. The van der Waals surface area contributed by atoms with Gasteiger partial charge < -0.3 is 14.8 Å². The van der Waals surface area contributed by atoms with Crippen LogP contribution in [0.25, 0.3) is 6.08 Å². The second kappa shape index (κ2) is 9.46. The average molecular weight is 410 g/mol. The van der Waals surface area contributed by atoms with Crippen molar-refractivity contribution >= 4 is 29.4 Å². The molecule has 9 heteroatoms. The van der Waals surface area contributed by atoms with Gasteiger partial charge in [-0.05, 0) is 35.9 Å². The van der Waals surface area contributed by atoms with Crippen molar-refractivity contribution in [1.29, 1.82) is 0 Å². The van der Waals surface area contributed by atoms with Gasteiger partial charge in [-0.25, -0.2) is 4.79 Å². The van der Waals surface area contributed by atoms with Gasteiger partial charge in [0.2, 0.25) is 0 Å². The number of nitro benzene ring substituents is 1. The van der Waals surface area contributed by atoms with Crippen molar-refractivity contribution in [1.82, 2.24) is 5.32 Å². The molecule has 0 saturated carbocycles. The number of cyclic esters (lactones) is 1. The van der Waals surface area contributed by atoms with E-state index in [4.69, 9.17) is 9.47 Å². The van der Waals surface area contributed by atoms with Crippen LogP contribution in [-0.2, 0) is 14.3 Å². The smallest absolute Gasteiger partial charge is 0.328 e. The van der Waals surface area contributed by atoms with E-state index in [-0.39, 0.29) is 24.7 Å². The van der Waals surface area contributed by atoms with Crippen LogP contribution in [0.1, 0.15) is 22.3 Å². The highest BCUT2D eigenvalue weighted by Gasteiger charge is 2.27. The van der Waals surface area contributed by atoms with Gasteiger partial charge in [-0.15, -0.1) is 0 Å². The van der Waals surface area contributed by atoms with Gasteiger partial charge in [0.25, 0.3) is 11.6 Å². The number of nitrogens with zero attached hydrogens (tertiary/aromatic N) is 1. The van der Waals surface area contributed by atoms with E-state index in [9.17, 15) is 24.5 Å². The van der Waals surface area contributed by atoms with E-state index >= 15 is 0 Å². The molecule has 0 bridgehead atoms. The molecule has 2 aromatic carbocycles. The van der Waals surface area contributed by atoms with Gasteiger partial charge in [0.1, 0.15) is 11.8 Å². The van der Waals surface area contributed by atoms with Crippen LogP contribution >= 0.6 is 0 Å². The van der Waals surface area contributed by atoms with Gasteiger partial charge in [0.15, 0.2) is 12.4 Å². The number of nitro groups is 1. The van der Waals surface area contributed by atoms with Gasteiger partial charge in [-0.1, -0.05) is 18.2 Å². The first-order valence-electron chi connectivity index (χ1n) is 9.08. The normalized spacial score (nSPS) is 15.6. The van der Waals surface area contributed by atoms with Crippen molar-refractivity contribution in [3.05, 3.63) is 75.8 Å². The summed E-state index contributed by atoms with van der Waals surface area (Å²) in [5.41, 5.74) is 0.872. The lowest BCUT2D eigenvalue weighted by molar-refractivity contribution is -0.384. The third-order valence-electron chi connectivity index (χ3n) is 4.29. The molecule has 1 aliphatic rings. The number of hydrogen-bond acceptors (Lipinski definition) is 7.